The summed E-state index contributed by atoms with van der Waals surface area (Å²) in [7, 11) is 0. The second kappa shape index (κ2) is 5.89. The van der Waals surface area contributed by atoms with Crippen molar-refractivity contribution in [1.29, 1.82) is 0 Å². The van der Waals surface area contributed by atoms with E-state index in [1.807, 2.05) is 0 Å². The standard InChI is InChI=1S/C15H28N2O/c1-12-11-14(6-10-18-12)17-8-4-13(5-9-17)15-3-2-7-16-15/h12-16H,2-11H2,1H3. The van der Waals surface area contributed by atoms with Gasteiger partial charge in [0.05, 0.1) is 6.10 Å². The molecule has 104 valence electrons. The lowest BCUT2D eigenvalue weighted by molar-refractivity contribution is -0.0257. The zero-order chi connectivity index (χ0) is 12.4. The molecule has 3 aliphatic rings. The Morgan fingerprint density at radius 1 is 1.11 bits per heavy atom. The summed E-state index contributed by atoms with van der Waals surface area (Å²) in [6, 6.07) is 1.63. The van der Waals surface area contributed by atoms with Crippen molar-refractivity contribution in [3.8, 4) is 0 Å². The van der Waals surface area contributed by atoms with Gasteiger partial charge in [0, 0.05) is 18.7 Å². The molecule has 0 amide bonds. The lowest BCUT2D eigenvalue weighted by Crippen LogP contribution is -2.47. The Morgan fingerprint density at radius 2 is 1.94 bits per heavy atom. The van der Waals surface area contributed by atoms with Crippen molar-refractivity contribution >= 4 is 0 Å². The molecule has 0 saturated carbocycles. The molecule has 0 aromatic rings. The van der Waals surface area contributed by atoms with E-state index in [1.165, 1.54) is 58.2 Å². The van der Waals surface area contributed by atoms with E-state index in [1.54, 1.807) is 0 Å². The summed E-state index contributed by atoms with van der Waals surface area (Å²) in [5.41, 5.74) is 0. The van der Waals surface area contributed by atoms with Gasteiger partial charge in [-0.2, -0.15) is 0 Å². The second-order valence-electron chi connectivity index (χ2n) is 6.44. The Balaban J connectivity index is 1.47. The van der Waals surface area contributed by atoms with Gasteiger partial charge in [0.2, 0.25) is 0 Å². The minimum atomic E-state index is 0.470. The molecule has 0 spiro atoms. The fourth-order valence-electron chi connectivity index (χ4n) is 4.11. The summed E-state index contributed by atoms with van der Waals surface area (Å²) in [4.78, 5) is 2.74. The van der Waals surface area contributed by atoms with E-state index in [0.717, 1.165) is 24.6 Å². The zero-order valence-corrected chi connectivity index (χ0v) is 11.7. The molecule has 0 aromatic heterocycles. The van der Waals surface area contributed by atoms with Crippen molar-refractivity contribution in [2.24, 2.45) is 5.92 Å². The normalized spacial score (nSPS) is 40.2. The van der Waals surface area contributed by atoms with Crippen molar-refractivity contribution in [3.63, 3.8) is 0 Å². The van der Waals surface area contributed by atoms with Crippen molar-refractivity contribution in [1.82, 2.24) is 10.2 Å². The molecule has 0 aliphatic carbocycles. The highest BCUT2D eigenvalue weighted by molar-refractivity contribution is 4.88. The highest BCUT2D eigenvalue weighted by Crippen LogP contribution is 2.29. The van der Waals surface area contributed by atoms with Crippen LogP contribution in [0.3, 0.4) is 0 Å². The lowest BCUT2D eigenvalue weighted by Gasteiger charge is -2.41. The number of hydrogen-bond acceptors (Lipinski definition) is 3. The van der Waals surface area contributed by atoms with Crippen molar-refractivity contribution in [2.75, 3.05) is 26.2 Å². The molecular weight excluding hydrogens is 224 g/mol. The van der Waals surface area contributed by atoms with E-state index in [2.05, 4.69) is 17.1 Å². The summed E-state index contributed by atoms with van der Waals surface area (Å²) in [6.45, 7) is 7.08. The van der Waals surface area contributed by atoms with Gasteiger partial charge >= 0.3 is 0 Å². The van der Waals surface area contributed by atoms with E-state index in [4.69, 9.17) is 4.74 Å². The topological polar surface area (TPSA) is 24.5 Å². The monoisotopic (exact) mass is 252 g/mol. The quantitative estimate of drug-likeness (QED) is 0.814. The Kier molecular flexibility index (Phi) is 4.22. The van der Waals surface area contributed by atoms with Crippen LogP contribution < -0.4 is 5.32 Å². The molecule has 0 radical (unpaired) electrons. The van der Waals surface area contributed by atoms with Gasteiger partial charge in [0.15, 0.2) is 0 Å². The van der Waals surface area contributed by atoms with Gasteiger partial charge in [-0.1, -0.05) is 0 Å². The first-order valence-corrected chi connectivity index (χ1v) is 7.92. The van der Waals surface area contributed by atoms with Crippen LogP contribution in [0.5, 0.6) is 0 Å². The van der Waals surface area contributed by atoms with Crippen LogP contribution in [0.25, 0.3) is 0 Å². The first-order chi connectivity index (χ1) is 8.83. The second-order valence-corrected chi connectivity index (χ2v) is 6.44. The van der Waals surface area contributed by atoms with E-state index in [0.29, 0.717) is 6.10 Å². The molecule has 3 heteroatoms. The first-order valence-electron chi connectivity index (χ1n) is 7.92. The van der Waals surface area contributed by atoms with Gasteiger partial charge in [-0.3, -0.25) is 0 Å². The van der Waals surface area contributed by atoms with E-state index in [-0.39, 0.29) is 0 Å². The average molecular weight is 252 g/mol. The minimum Gasteiger partial charge on any atom is -0.378 e. The van der Waals surface area contributed by atoms with Gasteiger partial charge in [0.1, 0.15) is 0 Å². The van der Waals surface area contributed by atoms with E-state index >= 15 is 0 Å². The number of nitrogens with zero attached hydrogens (tertiary/aromatic N) is 1. The van der Waals surface area contributed by atoms with Crippen molar-refractivity contribution < 1.29 is 4.74 Å². The molecule has 0 bridgehead atoms. The Bertz CT molecular complexity index is 257. The third-order valence-corrected chi connectivity index (χ3v) is 5.22. The molecule has 18 heavy (non-hydrogen) atoms. The molecule has 3 fully saturated rings. The molecule has 3 heterocycles. The molecular formula is C15H28N2O. The molecule has 3 rings (SSSR count). The number of likely N-dealkylation sites (tertiary alicyclic amines) is 1. The van der Waals surface area contributed by atoms with Crippen LogP contribution in [0.1, 0.15) is 45.4 Å². The molecule has 1 N–H and O–H groups in total. The van der Waals surface area contributed by atoms with E-state index < -0.39 is 0 Å². The average Bonchev–Trinajstić information content (AvgIpc) is 2.93. The Hall–Kier alpha value is -0.120. The maximum atomic E-state index is 5.66. The van der Waals surface area contributed by atoms with Gasteiger partial charge in [-0.15, -0.1) is 0 Å². The molecule has 0 aromatic carbocycles. The van der Waals surface area contributed by atoms with Crippen LogP contribution in [0.15, 0.2) is 0 Å². The fourth-order valence-corrected chi connectivity index (χ4v) is 4.11. The Morgan fingerprint density at radius 3 is 2.61 bits per heavy atom. The Labute approximate surface area is 111 Å². The summed E-state index contributed by atoms with van der Waals surface area (Å²) in [5.74, 6) is 0.945. The summed E-state index contributed by atoms with van der Waals surface area (Å²) in [6.07, 6.45) is 8.58. The van der Waals surface area contributed by atoms with Crippen LogP contribution in [0, 0.1) is 5.92 Å². The zero-order valence-electron chi connectivity index (χ0n) is 11.7. The van der Waals surface area contributed by atoms with Crippen molar-refractivity contribution in [2.45, 2.75) is 63.6 Å². The third-order valence-electron chi connectivity index (χ3n) is 5.22. The summed E-state index contributed by atoms with van der Waals surface area (Å²) in [5, 5.41) is 3.69. The summed E-state index contributed by atoms with van der Waals surface area (Å²) < 4.78 is 5.66. The van der Waals surface area contributed by atoms with Gasteiger partial charge in [0.25, 0.3) is 0 Å². The van der Waals surface area contributed by atoms with Crippen LogP contribution in [0.4, 0.5) is 0 Å². The summed E-state index contributed by atoms with van der Waals surface area (Å²) >= 11 is 0. The van der Waals surface area contributed by atoms with Crippen LogP contribution in [-0.2, 0) is 4.74 Å². The predicted octanol–water partition coefficient (Wildman–Crippen LogP) is 2.02. The number of piperidine rings is 1. The van der Waals surface area contributed by atoms with E-state index in [9.17, 15) is 0 Å². The highest BCUT2D eigenvalue weighted by Gasteiger charge is 2.32. The molecule has 3 saturated heterocycles. The van der Waals surface area contributed by atoms with Gasteiger partial charge in [-0.25, -0.2) is 0 Å². The lowest BCUT2D eigenvalue weighted by atomic mass is 9.87. The highest BCUT2D eigenvalue weighted by atomic mass is 16.5. The smallest absolute Gasteiger partial charge is 0.0561 e. The molecule has 3 aliphatic heterocycles. The SMILES string of the molecule is CC1CC(N2CCC(C3CCCN3)CC2)CCO1. The van der Waals surface area contributed by atoms with Crippen LogP contribution in [-0.4, -0.2) is 49.3 Å². The largest absolute Gasteiger partial charge is 0.378 e. The number of nitrogens with one attached hydrogen (secondary N) is 1. The number of rotatable bonds is 2. The predicted molar refractivity (Wildman–Crippen MR) is 73.8 cm³/mol. The number of hydrogen-bond donors (Lipinski definition) is 1. The first kappa shape index (κ1) is 12.9. The van der Waals surface area contributed by atoms with Crippen molar-refractivity contribution in [3.05, 3.63) is 0 Å². The molecule has 3 unspecified atom stereocenters. The maximum absolute atomic E-state index is 5.66. The van der Waals surface area contributed by atoms with Crippen LogP contribution in [0.2, 0.25) is 0 Å². The maximum Gasteiger partial charge on any atom is 0.0561 e. The van der Waals surface area contributed by atoms with Crippen LogP contribution >= 0.6 is 0 Å². The number of ether oxygens (including phenoxy) is 1. The van der Waals surface area contributed by atoms with Gasteiger partial charge in [-0.05, 0) is 71.0 Å². The molecule has 3 atom stereocenters. The van der Waals surface area contributed by atoms with Gasteiger partial charge < -0.3 is 15.0 Å². The minimum absolute atomic E-state index is 0.470. The molecule has 3 nitrogen and oxygen atoms in total. The fraction of sp³-hybridized carbons (Fsp3) is 1.00. The third kappa shape index (κ3) is 2.89.